The van der Waals surface area contributed by atoms with Crippen LogP contribution in [0.4, 0.5) is 4.39 Å². The van der Waals surface area contributed by atoms with Crippen LogP contribution in [0.2, 0.25) is 5.02 Å². The molecule has 0 saturated carbocycles. The molecule has 0 aliphatic rings. The van der Waals surface area contributed by atoms with Crippen LogP contribution in [0.25, 0.3) is 0 Å². The number of halogens is 3. The lowest BCUT2D eigenvalue weighted by Gasteiger charge is -2.16. The molecule has 0 spiro atoms. The summed E-state index contributed by atoms with van der Waals surface area (Å²) in [7, 11) is 0. The summed E-state index contributed by atoms with van der Waals surface area (Å²) >= 11 is 9.52. The standard InChI is InChI=1S/C18H20BrClFNO/c1-3-12(2)22-10-13-9-14(19)7-8-18(13)23-11-15-16(20)5-4-6-17(15)21/h4-9,12,22H,3,10-11H2,1-2H3/t12-/m0/s1. The molecule has 2 nitrogen and oxygen atoms in total. The maximum Gasteiger partial charge on any atom is 0.131 e. The van der Waals surface area contributed by atoms with Crippen molar-refractivity contribution in [1.82, 2.24) is 5.32 Å². The Hall–Kier alpha value is -1.10. The van der Waals surface area contributed by atoms with Crippen LogP contribution in [0.5, 0.6) is 5.75 Å². The zero-order chi connectivity index (χ0) is 16.8. The van der Waals surface area contributed by atoms with Gasteiger partial charge in [-0.1, -0.05) is 40.5 Å². The molecule has 124 valence electrons. The second kappa shape index (κ2) is 8.67. The number of hydrogen-bond acceptors (Lipinski definition) is 2. The fourth-order valence-corrected chi connectivity index (χ4v) is 2.70. The normalized spacial score (nSPS) is 12.2. The van der Waals surface area contributed by atoms with Crippen molar-refractivity contribution in [3.05, 3.63) is 62.8 Å². The van der Waals surface area contributed by atoms with E-state index in [4.69, 9.17) is 16.3 Å². The number of ether oxygens (including phenoxy) is 1. The Morgan fingerprint density at radius 3 is 2.78 bits per heavy atom. The lowest BCUT2D eigenvalue weighted by Crippen LogP contribution is -2.24. The minimum absolute atomic E-state index is 0.101. The number of hydrogen-bond donors (Lipinski definition) is 1. The first-order chi connectivity index (χ1) is 11.0. The summed E-state index contributed by atoms with van der Waals surface area (Å²) in [4.78, 5) is 0. The first-order valence-corrected chi connectivity index (χ1v) is 8.75. The van der Waals surface area contributed by atoms with Crippen molar-refractivity contribution >= 4 is 27.5 Å². The highest BCUT2D eigenvalue weighted by atomic mass is 79.9. The quantitative estimate of drug-likeness (QED) is 0.643. The molecule has 0 aromatic heterocycles. The van der Waals surface area contributed by atoms with Gasteiger partial charge in [-0.25, -0.2) is 4.39 Å². The molecule has 0 heterocycles. The zero-order valence-corrected chi connectivity index (χ0v) is 15.5. The maximum absolute atomic E-state index is 13.8. The van der Waals surface area contributed by atoms with Gasteiger partial charge in [-0.2, -0.15) is 0 Å². The molecule has 0 unspecified atom stereocenters. The fraction of sp³-hybridized carbons (Fsp3) is 0.333. The highest BCUT2D eigenvalue weighted by molar-refractivity contribution is 9.10. The van der Waals surface area contributed by atoms with Crippen LogP contribution < -0.4 is 10.1 Å². The SMILES string of the molecule is CC[C@H](C)NCc1cc(Br)ccc1OCc1c(F)cccc1Cl. The topological polar surface area (TPSA) is 21.3 Å². The molecular weight excluding hydrogens is 381 g/mol. The molecule has 0 aliphatic heterocycles. The second-order valence-corrected chi connectivity index (χ2v) is 6.75. The Morgan fingerprint density at radius 1 is 1.30 bits per heavy atom. The molecule has 1 atom stereocenters. The van der Waals surface area contributed by atoms with Crippen LogP contribution in [0.3, 0.4) is 0 Å². The van der Waals surface area contributed by atoms with Gasteiger partial charge in [0.25, 0.3) is 0 Å². The Balaban J connectivity index is 2.13. The molecule has 0 radical (unpaired) electrons. The molecule has 0 aliphatic carbocycles. The van der Waals surface area contributed by atoms with E-state index in [9.17, 15) is 4.39 Å². The molecule has 0 amide bonds. The smallest absolute Gasteiger partial charge is 0.131 e. The summed E-state index contributed by atoms with van der Waals surface area (Å²) < 4.78 is 20.6. The number of benzene rings is 2. The van der Waals surface area contributed by atoms with Crippen molar-refractivity contribution in [3.8, 4) is 5.75 Å². The summed E-state index contributed by atoms with van der Waals surface area (Å²) in [5.74, 6) is 0.372. The molecular formula is C18H20BrClFNO. The van der Waals surface area contributed by atoms with Gasteiger partial charge in [0.1, 0.15) is 18.2 Å². The molecule has 5 heteroatoms. The first-order valence-electron chi connectivity index (χ1n) is 7.58. The minimum atomic E-state index is -0.353. The van der Waals surface area contributed by atoms with E-state index in [1.165, 1.54) is 6.07 Å². The van der Waals surface area contributed by atoms with E-state index in [2.05, 4.69) is 35.1 Å². The average Bonchev–Trinajstić information content (AvgIpc) is 2.53. The minimum Gasteiger partial charge on any atom is -0.488 e. The van der Waals surface area contributed by atoms with E-state index >= 15 is 0 Å². The van der Waals surface area contributed by atoms with E-state index in [-0.39, 0.29) is 12.4 Å². The summed E-state index contributed by atoms with van der Waals surface area (Å²) in [5.41, 5.74) is 1.39. The van der Waals surface area contributed by atoms with Gasteiger partial charge < -0.3 is 10.1 Å². The van der Waals surface area contributed by atoms with Crippen LogP contribution in [-0.4, -0.2) is 6.04 Å². The van der Waals surface area contributed by atoms with Crippen molar-refractivity contribution in [1.29, 1.82) is 0 Å². The third-order valence-corrected chi connectivity index (χ3v) is 4.56. The van der Waals surface area contributed by atoms with Gasteiger partial charge in [-0.15, -0.1) is 0 Å². The summed E-state index contributed by atoms with van der Waals surface area (Å²) in [5, 5.41) is 3.81. The highest BCUT2D eigenvalue weighted by Gasteiger charge is 2.11. The zero-order valence-electron chi connectivity index (χ0n) is 13.2. The van der Waals surface area contributed by atoms with Gasteiger partial charge in [0.05, 0.1) is 5.02 Å². The van der Waals surface area contributed by atoms with Gasteiger partial charge in [0.15, 0.2) is 0 Å². The van der Waals surface area contributed by atoms with Gasteiger partial charge in [-0.05, 0) is 43.7 Å². The molecule has 2 rings (SSSR count). The van der Waals surface area contributed by atoms with E-state index in [0.717, 1.165) is 22.2 Å². The third kappa shape index (κ3) is 5.20. The maximum atomic E-state index is 13.8. The Kier molecular flexibility index (Phi) is 6.88. The number of nitrogens with one attached hydrogen (secondary N) is 1. The van der Waals surface area contributed by atoms with Crippen molar-refractivity contribution < 1.29 is 9.13 Å². The molecule has 1 N–H and O–H groups in total. The monoisotopic (exact) mass is 399 g/mol. The van der Waals surface area contributed by atoms with Crippen molar-refractivity contribution in [2.24, 2.45) is 0 Å². The molecule has 0 fully saturated rings. The Bertz CT molecular complexity index is 645. The largest absolute Gasteiger partial charge is 0.488 e. The molecule has 23 heavy (non-hydrogen) atoms. The van der Waals surface area contributed by atoms with Gasteiger partial charge in [0.2, 0.25) is 0 Å². The van der Waals surface area contributed by atoms with Gasteiger partial charge in [-0.3, -0.25) is 0 Å². The predicted molar refractivity (Wildman–Crippen MR) is 96.5 cm³/mol. The van der Waals surface area contributed by atoms with Crippen molar-refractivity contribution in [3.63, 3.8) is 0 Å². The van der Waals surface area contributed by atoms with Crippen LogP contribution in [0.15, 0.2) is 40.9 Å². The Labute approximate surface area is 150 Å². The molecule has 0 saturated heterocycles. The van der Waals surface area contributed by atoms with E-state index in [0.29, 0.717) is 23.2 Å². The fourth-order valence-electron chi connectivity index (χ4n) is 2.08. The summed E-state index contributed by atoms with van der Waals surface area (Å²) in [6, 6.07) is 10.9. The van der Waals surface area contributed by atoms with E-state index in [1.807, 2.05) is 18.2 Å². The number of rotatable bonds is 7. The Morgan fingerprint density at radius 2 is 2.09 bits per heavy atom. The third-order valence-electron chi connectivity index (χ3n) is 3.71. The lowest BCUT2D eigenvalue weighted by atomic mass is 10.1. The van der Waals surface area contributed by atoms with Crippen LogP contribution >= 0.6 is 27.5 Å². The van der Waals surface area contributed by atoms with E-state index < -0.39 is 0 Å². The molecule has 2 aromatic rings. The molecule has 0 bridgehead atoms. The first kappa shape index (κ1) is 18.2. The molecule has 2 aromatic carbocycles. The van der Waals surface area contributed by atoms with E-state index in [1.54, 1.807) is 12.1 Å². The lowest BCUT2D eigenvalue weighted by molar-refractivity contribution is 0.295. The van der Waals surface area contributed by atoms with Crippen LogP contribution in [0, 0.1) is 5.82 Å². The van der Waals surface area contributed by atoms with Crippen LogP contribution in [-0.2, 0) is 13.2 Å². The highest BCUT2D eigenvalue weighted by Crippen LogP contribution is 2.26. The summed E-state index contributed by atoms with van der Waals surface area (Å²) in [6.45, 7) is 5.06. The second-order valence-electron chi connectivity index (χ2n) is 5.43. The van der Waals surface area contributed by atoms with Gasteiger partial charge in [0, 0.05) is 28.2 Å². The predicted octanol–water partition coefficient (Wildman–Crippen LogP) is 5.71. The van der Waals surface area contributed by atoms with Crippen LogP contribution in [0.1, 0.15) is 31.4 Å². The van der Waals surface area contributed by atoms with Gasteiger partial charge >= 0.3 is 0 Å². The average molecular weight is 401 g/mol. The van der Waals surface area contributed by atoms with Crippen molar-refractivity contribution in [2.75, 3.05) is 0 Å². The van der Waals surface area contributed by atoms with Crippen molar-refractivity contribution in [2.45, 2.75) is 39.5 Å². The summed E-state index contributed by atoms with van der Waals surface area (Å²) in [6.07, 6.45) is 1.05.